The molecule has 0 aliphatic heterocycles. The lowest BCUT2D eigenvalue weighted by Gasteiger charge is -2.29. The van der Waals surface area contributed by atoms with Crippen LogP contribution < -0.4 is 0 Å². The Hall–Kier alpha value is -0.860. The summed E-state index contributed by atoms with van der Waals surface area (Å²) in [4.78, 5) is 0. The summed E-state index contributed by atoms with van der Waals surface area (Å²) in [6.07, 6.45) is -0.360. The Labute approximate surface area is 113 Å². The van der Waals surface area contributed by atoms with E-state index in [1.807, 2.05) is 6.07 Å². The molecule has 1 heterocycles. The molecule has 2 heteroatoms. The van der Waals surface area contributed by atoms with Crippen molar-refractivity contribution in [3.8, 4) is 0 Å². The van der Waals surface area contributed by atoms with Gasteiger partial charge < -0.3 is 5.11 Å². The van der Waals surface area contributed by atoms with Gasteiger partial charge in [-0.3, -0.25) is 0 Å². The van der Waals surface area contributed by atoms with E-state index < -0.39 is 0 Å². The zero-order valence-electron chi connectivity index (χ0n) is 11.6. The molecule has 2 rings (SSSR count). The summed E-state index contributed by atoms with van der Waals surface area (Å²) < 4.78 is 1.26. The van der Waals surface area contributed by atoms with Gasteiger partial charge in [-0.1, -0.05) is 45.9 Å². The third-order valence-electron chi connectivity index (χ3n) is 3.73. The van der Waals surface area contributed by atoms with Crippen molar-refractivity contribution in [2.75, 3.05) is 0 Å². The largest absolute Gasteiger partial charge is 0.388 e. The molecular formula is C16H22OS. The highest BCUT2D eigenvalue weighted by Gasteiger charge is 2.28. The highest BCUT2D eigenvalue weighted by Crippen LogP contribution is 2.39. The first-order valence-electron chi connectivity index (χ1n) is 6.66. The Morgan fingerprint density at radius 2 is 1.61 bits per heavy atom. The molecule has 2 aromatic rings. The van der Waals surface area contributed by atoms with E-state index in [0.717, 1.165) is 5.56 Å². The molecule has 98 valence electrons. The average molecular weight is 262 g/mol. The fourth-order valence-corrected chi connectivity index (χ4v) is 3.92. The lowest BCUT2D eigenvalue weighted by molar-refractivity contribution is 0.0538. The number of fused-ring (bicyclic) bond motifs is 1. The Morgan fingerprint density at radius 3 is 2.22 bits per heavy atom. The second-order valence-electron chi connectivity index (χ2n) is 5.70. The smallest absolute Gasteiger partial charge is 0.0837 e. The first-order valence-corrected chi connectivity index (χ1v) is 7.54. The Morgan fingerprint density at radius 1 is 1.00 bits per heavy atom. The van der Waals surface area contributed by atoms with Crippen molar-refractivity contribution in [3.05, 3.63) is 35.2 Å². The van der Waals surface area contributed by atoms with Crippen LogP contribution in [0, 0.1) is 17.8 Å². The van der Waals surface area contributed by atoms with Crippen LogP contribution in [0.1, 0.15) is 39.4 Å². The molecule has 0 aliphatic rings. The van der Waals surface area contributed by atoms with Gasteiger partial charge in [0.2, 0.25) is 0 Å². The van der Waals surface area contributed by atoms with Crippen LogP contribution in [-0.4, -0.2) is 5.11 Å². The molecule has 18 heavy (non-hydrogen) atoms. The highest BCUT2D eigenvalue weighted by molar-refractivity contribution is 7.17. The van der Waals surface area contributed by atoms with Crippen LogP contribution in [-0.2, 0) is 0 Å². The van der Waals surface area contributed by atoms with Gasteiger partial charge in [0.1, 0.15) is 0 Å². The summed E-state index contributed by atoms with van der Waals surface area (Å²) in [7, 11) is 0. The molecule has 0 amide bonds. The van der Waals surface area contributed by atoms with Crippen molar-refractivity contribution in [3.63, 3.8) is 0 Å². The Kier molecular flexibility index (Phi) is 4.08. The second kappa shape index (κ2) is 5.41. The fourth-order valence-electron chi connectivity index (χ4n) is 2.93. The quantitative estimate of drug-likeness (QED) is 0.834. The third-order valence-corrected chi connectivity index (χ3v) is 4.72. The van der Waals surface area contributed by atoms with E-state index in [1.54, 1.807) is 11.3 Å². The topological polar surface area (TPSA) is 20.2 Å². The molecule has 0 spiro atoms. The number of thiophene rings is 1. The summed E-state index contributed by atoms with van der Waals surface area (Å²) in [5.74, 6) is 1.28. The third kappa shape index (κ3) is 2.45. The highest BCUT2D eigenvalue weighted by atomic mass is 32.1. The van der Waals surface area contributed by atoms with Gasteiger partial charge in [0.05, 0.1) is 6.10 Å². The maximum Gasteiger partial charge on any atom is 0.0837 e. The van der Waals surface area contributed by atoms with Gasteiger partial charge in [-0.15, -0.1) is 11.3 Å². The van der Waals surface area contributed by atoms with Crippen LogP contribution in [0.15, 0.2) is 29.6 Å². The molecule has 0 saturated carbocycles. The number of aliphatic hydroxyl groups excluding tert-OH is 1. The first kappa shape index (κ1) is 13.6. The van der Waals surface area contributed by atoms with Crippen molar-refractivity contribution in [1.82, 2.24) is 0 Å². The summed E-state index contributed by atoms with van der Waals surface area (Å²) in [5, 5.41) is 14.0. The molecule has 1 N–H and O–H groups in total. The second-order valence-corrected chi connectivity index (χ2v) is 6.61. The average Bonchev–Trinajstić information content (AvgIpc) is 2.71. The predicted octanol–water partition coefficient (Wildman–Crippen LogP) is 4.86. The van der Waals surface area contributed by atoms with E-state index in [-0.39, 0.29) is 6.10 Å². The maximum atomic E-state index is 10.7. The van der Waals surface area contributed by atoms with Gasteiger partial charge in [0, 0.05) is 4.70 Å². The summed E-state index contributed by atoms with van der Waals surface area (Å²) in [6.45, 7) is 8.79. The van der Waals surface area contributed by atoms with Gasteiger partial charge >= 0.3 is 0 Å². The van der Waals surface area contributed by atoms with Crippen molar-refractivity contribution >= 4 is 21.4 Å². The van der Waals surface area contributed by atoms with Gasteiger partial charge in [0.25, 0.3) is 0 Å². The van der Waals surface area contributed by atoms with E-state index in [1.165, 1.54) is 10.1 Å². The minimum Gasteiger partial charge on any atom is -0.388 e. The number of benzene rings is 1. The monoisotopic (exact) mass is 262 g/mol. The van der Waals surface area contributed by atoms with E-state index in [9.17, 15) is 5.11 Å². The molecule has 1 atom stereocenters. The van der Waals surface area contributed by atoms with Crippen molar-refractivity contribution in [2.24, 2.45) is 17.8 Å². The molecule has 1 nitrogen and oxygen atoms in total. The fraction of sp³-hybridized carbons (Fsp3) is 0.500. The van der Waals surface area contributed by atoms with Crippen molar-refractivity contribution in [1.29, 1.82) is 0 Å². The predicted molar refractivity (Wildman–Crippen MR) is 80.0 cm³/mol. The van der Waals surface area contributed by atoms with Crippen LogP contribution in [0.3, 0.4) is 0 Å². The summed E-state index contributed by atoms with van der Waals surface area (Å²) >= 11 is 1.72. The zero-order chi connectivity index (χ0) is 13.3. The number of hydrogen-bond donors (Lipinski definition) is 1. The number of rotatable bonds is 4. The summed E-state index contributed by atoms with van der Waals surface area (Å²) in [5.41, 5.74) is 1.10. The van der Waals surface area contributed by atoms with E-state index in [0.29, 0.717) is 17.8 Å². The molecule has 1 aromatic carbocycles. The van der Waals surface area contributed by atoms with Crippen LogP contribution in [0.5, 0.6) is 0 Å². The number of aliphatic hydroxyl groups is 1. The van der Waals surface area contributed by atoms with Crippen LogP contribution in [0.2, 0.25) is 0 Å². The van der Waals surface area contributed by atoms with Crippen molar-refractivity contribution in [2.45, 2.75) is 33.8 Å². The van der Waals surface area contributed by atoms with Gasteiger partial charge in [0.15, 0.2) is 0 Å². The van der Waals surface area contributed by atoms with E-state index in [4.69, 9.17) is 0 Å². The Bertz CT molecular complexity index is 505. The van der Waals surface area contributed by atoms with Gasteiger partial charge in [-0.25, -0.2) is 0 Å². The Balaban J connectivity index is 2.41. The molecule has 0 fully saturated rings. The van der Waals surface area contributed by atoms with E-state index >= 15 is 0 Å². The first-order chi connectivity index (χ1) is 8.52. The summed E-state index contributed by atoms with van der Waals surface area (Å²) in [6, 6.07) is 8.33. The molecular weight excluding hydrogens is 240 g/mol. The molecule has 0 radical (unpaired) electrons. The van der Waals surface area contributed by atoms with Crippen LogP contribution in [0.4, 0.5) is 0 Å². The van der Waals surface area contributed by atoms with Gasteiger partial charge in [-0.2, -0.15) is 0 Å². The zero-order valence-corrected chi connectivity index (χ0v) is 12.4. The standard InChI is InChI=1S/C16H22OS/c1-10(2)15(11(3)4)16(17)13-9-18-14-8-6-5-7-12(13)14/h5-11,15-17H,1-4H3. The maximum absolute atomic E-state index is 10.7. The molecule has 0 saturated heterocycles. The van der Waals surface area contributed by atoms with E-state index in [2.05, 4.69) is 51.3 Å². The minimum atomic E-state index is -0.360. The van der Waals surface area contributed by atoms with Crippen LogP contribution in [0.25, 0.3) is 10.1 Å². The normalized spacial score (nSPS) is 14.0. The molecule has 1 unspecified atom stereocenters. The minimum absolute atomic E-state index is 0.308. The van der Waals surface area contributed by atoms with Gasteiger partial charge in [-0.05, 0) is 40.1 Å². The SMILES string of the molecule is CC(C)C(C(C)C)C(O)c1csc2ccccc12. The lowest BCUT2D eigenvalue weighted by Crippen LogP contribution is -2.23. The van der Waals surface area contributed by atoms with Crippen molar-refractivity contribution < 1.29 is 5.11 Å². The lowest BCUT2D eigenvalue weighted by atomic mass is 9.79. The van der Waals surface area contributed by atoms with Crippen LogP contribution >= 0.6 is 11.3 Å². The molecule has 0 aliphatic carbocycles. The molecule has 1 aromatic heterocycles. The number of hydrogen-bond acceptors (Lipinski definition) is 2. The molecule has 0 bridgehead atoms.